The minimum Gasteiger partial charge on any atom is -0.273 e. The fourth-order valence-electron chi connectivity index (χ4n) is 2.59. The first kappa shape index (κ1) is 15.2. The standard InChI is InChI=1S/C19H17FN2O/c1-14(23)22-18(12-7-15-5-3-2-4-6-15)13-19(21-22)16-8-10-17(20)11-9-16/h2-12,18H,13H2,1H3/b12-7+. The maximum absolute atomic E-state index is 13.0. The van der Waals surface area contributed by atoms with Crippen molar-refractivity contribution in [2.24, 2.45) is 5.10 Å². The van der Waals surface area contributed by atoms with E-state index in [1.54, 1.807) is 12.1 Å². The van der Waals surface area contributed by atoms with Crippen LogP contribution in [0, 0.1) is 5.82 Å². The average Bonchev–Trinajstić information content (AvgIpc) is 2.99. The molecule has 0 spiro atoms. The van der Waals surface area contributed by atoms with Crippen LogP contribution in [0.1, 0.15) is 24.5 Å². The Morgan fingerprint density at radius 3 is 2.52 bits per heavy atom. The maximum atomic E-state index is 13.0. The fraction of sp³-hybridized carbons (Fsp3) is 0.158. The minimum atomic E-state index is -0.281. The van der Waals surface area contributed by atoms with Crippen LogP contribution in [0.25, 0.3) is 6.08 Å². The number of benzene rings is 2. The number of hydrogen-bond donors (Lipinski definition) is 0. The number of amides is 1. The quantitative estimate of drug-likeness (QED) is 0.847. The number of rotatable bonds is 3. The van der Waals surface area contributed by atoms with E-state index in [9.17, 15) is 9.18 Å². The van der Waals surface area contributed by atoms with E-state index in [1.807, 2.05) is 42.5 Å². The van der Waals surface area contributed by atoms with E-state index in [0.29, 0.717) is 6.42 Å². The van der Waals surface area contributed by atoms with E-state index < -0.39 is 0 Å². The number of carbonyl (C=O) groups is 1. The third kappa shape index (κ3) is 3.54. The van der Waals surface area contributed by atoms with Gasteiger partial charge in [0, 0.05) is 13.3 Å². The molecule has 2 aromatic carbocycles. The summed E-state index contributed by atoms with van der Waals surface area (Å²) in [4.78, 5) is 11.8. The van der Waals surface area contributed by atoms with Gasteiger partial charge in [-0.1, -0.05) is 54.6 Å². The molecule has 0 fully saturated rings. The summed E-state index contributed by atoms with van der Waals surface area (Å²) in [5.41, 5.74) is 2.71. The van der Waals surface area contributed by atoms with E-state index in [1.165, 1.54) is 24.1 Å². The molecular formula is C19H17FN2O. The second-order valence-corrected chi connectivity index (χ2v) is 5.46. The molecule has 1 heterocycles. The summed E-state index contributed by atoms with van der Waals surface area (Å²) < 4.78 is 13.0. The first-order chi connectivity index (χ1) is 11.1. The number of nitrogens with zero attached hydrogens (tertiary/aromatic N) is 2. The van der Waals surface area contributed by atoms with Crippen molar-refractivity contribution >= 4 is 17.7 Å². The zero-order valence-corrected chi connectivity index (χ0v) is 12.8. The second-order valence-electron chi connectivity index (χ2n) is 5.46. The maximum Gasteiger partial charge on any atom is 0.240 e. The predicted molar refractivity (Wildman–Crippen MR) is 89.3 cm³/mol. The van der Waals surface area contributed by atoms with Crippen molar-refractivity contribution in [2.45, 2.75) is 19.4 Å². The summed E-state index contributed by atoms with van der Waals surface area (Å²) in [5.74, 6) is -0.388. The van der Waals surface area contributed by atoms with Crippen molar-refractivity contribution in [3.05, 3.63) is 77.6 Å². The van der Waals surface area contributed by atoms with Crippen LogP contribution in [0.4, 0.5) is 4.39 Å². The summed E-state index contributed by atoms with van der Waals surface area (Å²) in [6.45, 7) is 1.50. The lowest BCUT2D eigenvalue weighted by Crippen LogP contribution is -2.29. The van der Waals surface area contributed by atoms with Crippen molar-refractivity contribution in [1.82, 2.24) is 5.01 Å². The van der Waals surface area contributed by atoms with E-state index in [4.69, 9.17) is 0 Å². The van der Waals surface area contributed by atoms with Crippen LogP contribution in [0.3, 0.4) is 0 Å². The first-order valence-corrected chi connectivity index (χ1v) is 7.50. The van der Waals surface area contributed by atoms with Crippen molar-refractivity contribution in [3.8, 4) is 0 Å². The van der Waals surface area contributed by atoms with Crippen molar-refractivity contribution in [3.63, 3.8) is 0 Å². The Hall–Kier alpha value is -2.75. The Morgan fingerprint density at radius 2 is 1.87 bits per heavy atom. The van der Waals surface area contributed by atoms with Crippen LogP contribution in [0.2, 0.25) is 0 Å². The van der Waals surface area contributed by atoms with Gasteiger partial charge in [-0.15, -0.1) is 0 Å². The summed E-state index contributed by atoms with van der Waals surface area (Å²) >= 11 is 0. The topological polar surface area (TPSA) is 32.7 Å². The minimum absolute atomic E-state index is 0.107. The average molecular weight is 308 g/mol. The molecule has 23 heavy (non-hydrogen) atoms. The highest BCUT2D eigenvalue weighted by Gasteiger charge is 2.28. The summed E-state index contributed by atoms with van der Waals surface area (Å²) in [6.07, 6.45) is 4.59. The molecule has 0 saturated heterocycles. The van der Waals surface area contributed by atoms with Crippen LogP contribution >= 0.6 is 0 Å². The van der Waals surface area contributed by atoms with E-state index in [2.05, 4.69) is 5.10 Å². The number of halogens is 1. The molecule has 0 aliphatic carbocycles. The number of hydrazone groups is 1. The lowest BCUT2D eigenvalue weighted by molar-refractivity contribution is -0.129. The van der Waals surface area contributed by atoms with Gasteiger partial charge in [0.15, 0.2) is 0 Å². The molecule has 0 N–H and O–H groups in total. The Bertz CT molecular complexity index is 751. The van der Waals surface area contributed by atoms with Crippen molar-refractivity contribution in [2.75, 3.05) is 0 Å². The fourth-order valence-corrected chi connectivity index (χ4v) is 2.59. The Kier molecular flexibility index (Phi) is 4.33. The molecule has 0 radical (unpaired) electrons. The lowest BCUT2D eigenvalue weighted by Gasteiger charge is -2.16. The van der Waals surface area contributed by atoms with Gasteiger partial charge < -0.3 is 0 Å². The van der Waals surface area contributed by atoms with Crippen LogP contribution in [0.5, 0.6) is 0 Å². The highest BCUT2D eigenvalue weighted by Crippen LogP contribution is 2.22. The first-order valence-electron chi connectivity index (χ1n) is 7.50. The van der Waals surface area contributed by atoms with Crippen LogP contribution in [-0.2, 0) is 4.79 Å². The molecule has 1 aliphatic rings. The molecule has 4 heteroatoms. The van der Waals surface area contributed by atoms with E-state index >= 15 is 0 Å². The molecule has 1 unspecified atom stereocenters. The van der Waals surface area contributed by atoms with Gasteiger partial charge in [0.05, 0.1) is 11.8 Å². The van der Waals surface area contributed by atoms with Gasteiger partial charge in [-0.2, -0.15) is 5.10 Å². The molecule has 0 aromatic heterocycles. The molecule has 3 rings (SSSR count). The third-order valence-corrected chi connectivity index (χ3v) is 3.76. The second kappa shape index (κ2) is 6.57. The smallest absolute Gasteiger partial charge is 0.240 e. The van der Waals surface area contributed by atoms with Gasteiger partial charge in [-0.05, 0) is 23.3 Å². The van der Waals surface area contributed by atoms with Gasteiger partial charge in [-0.3, -0.25) is 4.79 Å². The van der Waals surface area contributed by atoms with Gasteiger partial charge in [0.1, 0.15) is 5.82 Å². The number of carbonyl (C=O) groups excluding carboxylic acids is 1. The predicted octanol–water partition coefficient (Wildman–Crippen LogP) is 3.86. The molecule has 2 aromatic rings. The molecule has 1 aliphatic heterocycles. The van der Waals surface area contributed by atoms with E-state index in [-0.39, 0.29) is 17.8 Å². The monoisotopic (exact) mass is 308 g/mol. The van der Waals surface area contributed by atoms with Gasteiger partial charge in [0.25, 0.3) is 0 Å². The van der Waals surface area contributed by atoms with Gasteiger partial charge in [-0.25, -0.2) is 9.40 Å². The normalized spacial score (nSPS) is 17.6. The largest absolute Gasteiger partial charge is 0.273 e. The van der Waals surface area contributed by atoms with E-state index in [0.717, 1.165) is 16.8 Å². The Balaban J connectivity index is 1.81. The molecule has 0 saturated carbocycles. The third-order valence-electron chi connectivity index (χ3n) is 3.76. The molecule has 1 atom stereocenters. The zero-order chi connectivity index (χ0) is 16.2. The lowest BCUT2D eigenvalue weighted by atomic mass is 10.0. The molecule has 0 bridgehead atoms. The van der Waals surface area contributed by atoms with Gasteiger partial charge >= 0.3 is 0 Å². The summed E-state index contributed by atoms with van der Waals surface area (Å²) in [5, 5.41) is 5.89. The molecule has 1 amide bonds. The van der Waals surface area contributed by atoms with Gasteiger partial charge in [0.2, 0.25) is 5.91 Å². The van der Waals surface area contributed by atoms with Crippen LogP contribution < -0.4 is 0 Å². The van der Waals surface area contributed by atoms with Crippen molar-refractivity contribution in [1.29, 1.82) is 0 Å². The molecule has 3 nitrogen and oxygen atoms in total. The summed E-state index contributed by atoms with van der Waals surface area (Å²) in [6, 6.07) is 16.0. The SMILES string of the molecule is CC(=O)N1N=C(c2ccc(F)cc2)CC1/C=C/c1ccccc1. The van der Waals surface area contributed by atoms with Crippen LogP contribution in [0.15, 0.2) is 65.8 Å². The molecular weight excluding hydrogens is 291 g/mol. The highest BCUT2D eigenvalue weighted by molar-refractivity contribution is 6.03. The molecule has 116 valence electrons. The number of hydrogen-bond acceptors (Lipinski definition) is 2. The Morgan fingerprint density at radius 1 is 1.17 bits per heavy atom. The van der Waals surface area contributed by atoms with Crippen LogP contribution in [-0.4, -0.2) is 22.7 Å². The van der Waals surface area contributed by atoms with Crippen molar-refractivity contribution < 1.29 is 9.18 Å². The Labute approximate surface area is 134 Å². The summed E-state index contributed by atoms with van der Waals surface area (Å²) in [7, 11) is 0. The highest BCUT2D eigenvalue weighted by atomic mass is 19.1. The zero-order valence-electron chi connectivity index (χ0n) is 12.8.